The Morgan fingerprint density at radius 3 is 2.37 bits per heavy atom. The molecule has 0 saturated heterocycles. The van der Waals surface area contributed by atoms with Crippen molar-refractivity contribution in [3.63, 3.8) is 0 Å². The molecular formula is C15H16N2O2. The fourth-order valence-electron chi connectivity index (χ4n) is 1.57. The van der Waals surface area contributed by atoms with Crippen molar-refractivity contribution in [1.82, 2.24) is 0 Å². The first-order chi connectivity index (χ1) is 9.31. The van der Waals surface area contributed by atoms with Gasteiger partial charge in [0.25, 0.3) is 0 Å². The van der Waals surface area contributed by atoms with E-state index >= 15 is 0 Å². The largest absolute Gasteiger partial charge is 0.497 e. The number of hydrogen-bond donors (Lipinski definition) is 1. The summed E-state index contributed by atoms with van der Waals surface area (Å²) in [6, 6.07) is 15.3. The zero-order valence-electron chi connectivity index (χ0n) is 11.0. The quantitative estimate of drug-likeness (QED) is 0.660. The molecule has 1 N–H and O–H groups in total. The van der Waals surface area contributed by atoms with E-state index in [9.17, 15) is 0 Å². The fraction of sp³-hybridized carbons (Fsp3) is 0.133. The number of benzene rings is 2. The lowest BCUT2D eigenvalue weighted by Crippen LogP contribution is -1.91. The van der Waals surface area contributed by atoms with E-state index < -0.39 is 0 Å². The smallest absolute Gasteiger partial charge is 0.119 e. The predicted molar refractivity (Wildman–Crippen MR) is 77.2 cm³/mol. The van der Waals surface area contributed by atoms with Crippen molar-refractivity contribution in [2.75, 3.05) is 19.6 Å². The van der Waals surface area contributed by atoms with Gasteiger partial charge >= 0.3 is 0 Å². The highest BCUT2D eigenvalue weighted by Crippen LogP contribution is 2.15. The van der Waals surface area contributed by atoms with Crippen LogP contribution in [0.15, 0.2) is 53.6 Å². The third-order valence-electron chi connectivity index (χ3n) is 2.59. The Bertz CT molecular complexity index is 550. The molecular weight excluding hydrogens is 240 g/mol. The maximum atomic E-state index is 5.15. The molecule has 4 nitrogen and oxygen atoms in total. The molecule has 2 aromatic rings. The fourth-order valence-corrected chi connectivity index (χ4v) is 1.57. The summed E-state index contributed by atoms with van der Waals surface area (Å²) in [5.41, 5.74) is 4.83. The van der Waals surface area contributed by atoms with Gasteiger partial charge in [-0.25, -0.2) is 0 Å². The Hall–Kier alpha value is -2.49. The highest BCUT2D eigenvalue weighted by Gasteiger charge is 1.93. The Balaban J connectivity index is 1.98. The molecule has 0 aliphatic carbocycles. The second-order valence-corrected chi connectivity index (χ2v) is 3.88. The van der Waals surface area contributed by atoms with Gasteiger partial charge in [-0.1, -0.05) is 12.1 Å². The van der Waals surface area contributed by atoms with Gasteiger partial charge in [-0.3, -0.25) is 5.43 Å². The molecule has 0 amide bonds. The van der Waals surface area contributed by atoms with Gasteiger partial charge in [-0.05, 0) is 42.0 Å². The van der Waals surface area contributed by atoms with Crippen molar-refractivity contribution in [1.29, 1.82) is 0 Å². The van der Waals surface area contributed by atoms with Crippen LogP contribution in [0.1, 0.15) is 5.56 Å². The standard InChI is InChI=1S/C15H16N2O2/c1-18-14-8-6-13(7-9-14)17-16-11-12-4-3-5-15(10-12)19-2/h3-11,17H,1-2H3/b16-11+. The molecule has 4 heteroatoms. The number of hydrogen-bond acceptors (Lipinski definition) is 4. The number of nitrogens with zero attached hydrogens (tertiary/aromatic N) is 1. The summed E-state index contributed by atoms with van der Waals surface area (Å²) >= 11 is 0. The first kappa shape index (κ1) is 13.0. The van der Waals surface area contributed by atoms with Crippen LogP contribution in [-0.2, 0) is 0 Å². The van der Waals surface area contributed by atoms with E-state index in [-0.39, 0.29) is 0 Å². The molecule has 0 aliphatic rings. The van der Waals surface area contributed by atoms with E-state index in [2.05, 4.69) is 10.5 Å². The van der Waals surface area contributed by atoms with Gasteiger partial charge < -0.3 is 9.47 Å². The minimum Gasteiger partial charge on any atom is -0.497 e. The van der Waals surface area contributed by atoms with E-state index in [0.29, 0.717) is 0 Å². The summed E-state index contributed by atoms with van der Waals surface area (Å²) in [7, 11) is 3.29. The second kappa shape index (κ2) is 6.44. The van der Waals surface area contributed by atoms with Gasteiger partial charge in [0.2, 0.25) is 0 Å². The van der Waals surface area contributed by atoms with Crippen molar-refractivity contribution in [2.24, 2.45) is 5.10 Å². The number of hydrazone groups is 1. The lowest BCUT2D eigenvalue weighted by Gasteiger charge is -2.03. The molecule has 0 aliphatic heterocycles. The van der Waals surface area contributed by atoms with Crippen LogP contribution in [0.2, 0.25) is 0 Å². The predicted octanol–water partition coefficient (Wildman–Crippen LogP) is 3.15. The van der Waals surface area contributed by atoms with E-state index in [1.165, 1.54) is 0 Å². The minimum absolute atomic E-state index is 0.813. The molecule has 0 aromatic heterocycles. The minimum atomic E-state index is 0.813. The molecule has 98 valence electrons. The van der Waals surface area contributed by atoms with E-state index in [1.54, 1.807) is 20.4 Å². The number of nitrogens with one attached hydrogen (secondary N) is 1. The lowest BCUT2D eigenvalue weighted by molar-refractivity contribution is 0.414. The average Bonchev–Trinajstić information content (AvgIpc) is 2.48. The van der Waals surface area contributed by atoms with Crippen molar-refractivity contribution < 1.29 is 9.47 Å². The Morgan fingerprint density at radius 2 is 1.68 bits per heavy atom. The normalized spacial score (nSPS) is 10.4. The van der Waals surface area contributed by atoms with Crippen LogP contribution >= 0.6 is 0 Å². The summed E-state index contributed by atoms with van der Waals surface area (Å²) in [4.78, 5) is 0. The summed E-state index contributed by atoms with van der Waals surface area (Å²) in [6.07, 6.45) is 1.74. The topological polar surface area (TPSA) is 42.8 Å². The van der Waals surface area contributed by atoms with Crippen molar-refractivity contribution >= 4 is 11.9 Å². The monoisotopic (exact) mass is 256 g/mol. The molecule has 0 fully saturated rings. The number of anilines is 1. The van der Waals surface area contributed by atoms with Crippen molar-refractivity contribution in [3.8, 4) is 11.5 Å². The van der Waals surface area contributed by atoms with Crippen LogP contribution in [0.25, 0.3) is 0 Å². The maximum Gasteiger partial charge on any atom is 0.119 e. The van der Waals surface area contributed by atoms with Gasteiger partial charge in [0.05, 0.1) is 26.1 Å². The summed E-state index contributed by atoms with van der Waals surface area (Å²) in [5, 5.41) is 4.17. The molecule has 0 atom stereocenters. The molecule has 2 aromatic carbocycles. The van der Waals surface area contributed by atoms with Crippen LogP contribution in [0.5, 0.6) is 11.5 Å². The van der Waals surface area contributed by atoms with Crippen LogP contribution in [0.4, 0.5) is 5.69 Å². The highest BCUT2D eigenvalue weighted by atomic mass is 16.5. The average molecular weight is 256 g/mol. The lowest BCUT2D eigenvalue weighted by atomic mass is 10.2. The number of rotatable bonds is 5. The third kappa shape index (κ3) is 3.74. The second-order valence-electron chi connectivity index (χ2n) is 3.88. The van der Waals surface area contributed by atoms with Crippen LogP contribution in [-0.4, -0.2) is 20.4 Å². The molecule has 0 spiro atoms. The molecule has 0 radical (unpaired) electrons. The first-order valence-electron chi connectivity index (χ1n) is 5.89. The Morgan fingerprint density at radius 1 is 0.947 bits per heavy atom. The number of ether oxygens (including phenoxy) is 2. The Kier molecular flexibility index (Phi) is 4.39. The van der Waals surface area contributed by atoms with Crippen molar-refractivity contribution in [3.05, 3.63) is 54.1 Å². The summed E-state index contributed by atoms with van der Waals surface area (Å²) in [6.45, 7) is 0. The SMILES string of the molecule is COc1ccc(N/N=C/c2cccc(OC)c2)cc1. The van der Waals surface area contributed by atoms with E-state index in [1.807, 2.05) is 48.5 Å². The van der Waals surface area contributed by atoms with Gasteiger partial charge in [0.15, 0.2) is 0 Å². The zero-order valence-corrected chi connectivity index (χ0v) is 11.0. The van der Waals surface area contributed by atoms with Gasteiger partial charge in [0, 0.05) is 0 Å². The van der Waals surface area contributed by atoms with Crippen LogP contribution in [0.3, 0.4) is 0 Å². The Labute approximate surface area is 112 Å². The highest BCUT2D eigenvalue weighted by molar-refractivity contribution is 5.80. The first-order valence-corrected chi connectivity index (χ1v) is 5.89. The third-order valence-corrected chi connectivity index (χ3v) is 2.59. The van der Waals surface area contributed by atoms with Crippen LogP contribution < -0.4 is 14.9 Å². The molecule has 0 bridgehead atoms. The van der Waals surface area contributed by atoms with Crippen LogP contribution in [0, 0.1) is 0 Å². The van der Waals surface area contributed by atoms with Crippen molar-refractivity contribution in [2.45, 2.75) is 0 Å². The van der Waals surface area contributed by atoms with E-state index in [0.717, 1.165) is 22.7 Å². The summed E-state index contributed by atoms with van der Waals surface area (Å²) < 4.78 is 10.2. The molecule has 0 heterocycles. The molecule has 0 unspecified atom stereocenters. The van der Waals surface area contributed by atoms with Gasteiger partial charge in [0.1, 0.15) is 11.5 Å². The maximum absolute atomic E-state index is 5.15. The molecule has 0 saturated carbocycles. The molecule has 19 heavy (non-hydrogen) atoms. The summed E-state index contributed by atoms with van der Waals surface area (Å²) in [5.74, 6) is 1.63. The zero-order chi connectivity index (χ0) is 13.5. The van der Waals surface area contributed by atoms with E-state index in [4.69, 9.17) is 9.47 Å². The number of methoxy groups -OCH3 is 2. The molecule has 2 rings (SSSR count). The van der Waals surface area contributed by atoms with Gasteiger partial charge in [-0.2, -0.15) is 5.10 Å². The van der Waals surface area contributed by atoms with Gasteiger partial charge in [-0.15, -0.1) is 0 Å².